The topological polar surface area (TPSA) is 78.0 Å². The van der Waals surface area contributed by atoms with Gasteiger partial charge >= 0.3 is 0 Å². The number of carbonyl (C=O) groups excluding carboxylic acids is 2. The molecule has 2 fully saturated rings. The SMILES string of the molecule is CC(=O)N1CCN(S(=O)(=O)c2cccc(C(=O)N3CCC(C)CC3)c2)CC1. The zero-order valence-electron chi connectivity index (χ0n) is 15.9. The lowest BCUT2D eigenvalue weighted by Crippen LogP contribution is -2.49. The predicted molar refractivity (Wildman–Crippen MR) is 102 cm³/mol. The van der Waals surface area contributed by atoms with E-state index < -0.39 is 10.0 Å². The lowest BCUT2D eigenvalue weighted by atomic mass is 9.98. The number of hydrogen-bond donors (Lipinski definition) is 0. The molecule has 0 unspecified atom stereocenters. The van der Waals surface area contributed by atoms with Gasteiger partial charge in [0.25, 0.3) is 5.91 Å². The summed E-state index contributed by atoms with van der Waals surface area (Å²) in [6.07, 6.45) is 1.95. The van der Waals surface area contributed by atoms with Crippen molar-refractivity contribution in [3.63, 3.8) is 0 Å². The second-order valence-corrected chi connectivity index (χ2v) is 9.35. The van der Waals surface area contributed by atoms with Gasteiger partial charge in [0.2, 0.25) is 15.9 Å². The first kappa shape index (κ1) is 19.8. The molecule has 2 aliphatic heterocycles. The fraction of sp³-hybridized carbons (Fsp3) is 0.579. The number of likely N-dealkylation sites (tertiary alicyclic amines) is 1. The van der Waals surface area contributed by atoms with Gasteiger partial charge in [0.05, 0.1) is 4.90 Å². The molecule has 148 valence electrons. The minimum atomic E-state index is -3.68. The number of piperidine rings is 1. The zero-order chi connectivity index (χ0) is 19.6. The molecule has 0 saturated carbocycles. The molecule has 2 saturated heterocycles. The number of hydrogen-bond acceptors (Lipinski definition) is 4. The van der Waals surface area contributed by atoms with Crippen molar-refractivity contribution < 1.29 is 18.0 Å². The quantitative estimate of drug-likeness (QED) is 0.778. The third kappa shape index (κ3) is 4.32. The predicted octanol–water partition coefficient (Wildman–Crippen LogP) is 1.41. The number of benzene rings is 1. The molecule has 0 spiro atoms. The second kappa shape index (κ2) is 7.98. The Morgan fingerprint density at radius 2 is 1.59 bits per heavy atom. The van der Waals surface area contributed by atoms with Crippen molar-refractivity contribution in [2.45, 2.75) is 31.6 Å². The van der Waals surface area contributed by atoms with Crippen LogP contribution in [0.1, 0.15) is 37.0 Å². The smallest absolute Gasteiger partial charge is 0.253 e. The minimum absolute atomic E-state index is 0.0458. The summed E-state index contributed by atoms with van der Waals surface area (Å²) in [6, 6.07) is 6.31. The molecule has 0 radical (unpaired) electrons. The number of nitrogens with zero attached hydrogens (tertiary/aromatic N) is 3. The highest BCUT2D eigenvalue weighted by Gasteiger charge is 2.30. The maximum Gasteiger partial charge on any atom is 0.253 e. The number of sulfonamides is 1. The van der Waals surface area contributed by atoms with Crippen LogP contribution in [-0.4, -0.2) is 73.6 Å². The number of piperazine rings is 1. The Morgan fingerprint density at radius 1 is 0.963 bits per heavy atom. The zero-order valence-corrected chi connectivity index (χ0v) is 16.7. The van der Waals surface area contributed by atoms with Crippen LogP contribution in [0, 0.1) is 5.92 Å². The van der Waals surface area contributed by atoms with Crippen molar-refractivity contribution in [1.29, 1.82) is 0 Å². The average molecular weight is 394 g/mol. The average Bonchev–Trinajstić information content (AvgIpc) is 2.68. The van der Waals surface area contributed by atoms with Crippen molar-refractivity contribution in [2.24, 2.45) is 5.92 Å². The van der Waals surface area contributed by atoms with Gasteiger partial charge in [-0.2, -0.15) is 4.31 Å². The first-order chi connectivity index (χ1) is 12.8. The fourth-order valence-corrected chi connectivity index (χ4v) is 5.04. The Kier molecular flexibility index (Phi) is 5.86. The summed E-state index contributed by atoms with van der Waals surface area (Å²) < 4.78 is 27.3. The van der Waals surface area contributed by atoms with E-state index in [0.29, 0.717) is 37.7 Å². The summed E-state index contributed by atoms with van der Waals surface area (Å²) in [4.78, 5) is 27.8. The maximum atomic E-state index is 13.0. The van der Waals surface area contributed by atoms with Gasteiger partial charge in [0.1, 0.15) is 0 Å². The van der Waals surface area contributed by atoms with E-state index in [4.69, 9.17) is 0 Å². The Hall–Kier alpha value is -1.93. The van der Waals surface area contributed by atoms with Crippen molar-refractivity contribution >= 4 is 21.8 Å². The number of rotatable bonds is 3. The summed E-state index contributed by atoms with van der Waals surface area (Å²) in [6.45, 7) is 6.40. The monoisotopic (exact) mass is 393 g/mol. The van der Waals surface area contributed by atoms with Crippen LogP contribution < -0.4 is 0 Å². The van der Waals surface area contributed by atoms with Crippen LogP contribution in [0.25, 0.3) is 0 Å². The van der Waals surface area contributed by atoms with E-state index in [1.165, 1.54) is 23.4 Å². The highest BCUT2D eigenvalue weighted by atomic mass is 32.2. The third-order valence-electron chi connectivity index (χ3n) is 5.47. The van der Waals surface area contributed by atoms with Gasteiger partial charge in [-0.3, -0.25) is 9.59 Å². The Bertz CT molecular complexity index is 808. The molecule has 8 heteroatoms. The summed E-state index contributed by atoms with van der Waals surface area (Å²) in [5, 5.41) is 0. The van der Waals surface area contributed by atoms with Gasteiger partial charge < -0.3 is 9.80 Å². The number of carbonyl (C=O) groups is 2. The van der Waals surface area contributed by atoms with Gasteiger partial charge in [-0.1, -0.05) is 13.0 Å². The van der Waals surface area contributed by atoms with Crippen LogP contribution in [0.3, 0.4) is 0 Å². The summed E-state index contributed by atoms with van der Waals surface area (Å²) >= 11 is 0. The van der Waals surface area contributed by atoms with Crippen LogP contribution in [0.15, 0.2) is 29.2 Å². The highest BCUT2D eigenvalue weighted by Crippen LogP contribution is 2.22. The van der Waals surface area contributed by atoms with Crippen molar-refractivity contribution in [3.8, 4) is 0 Å². The Morgan fingerprint density at radius 3 is 2.19 bits per heavy atom. The normalized spacial score (nSPS) is 19.9. The highest BCUT2D eigenvalue weighted by molar-refractivity contribution is 7.89. The standard InChI is InChI=1S/C19H27N3O4S/c1-15-6-8-21(9-7-15)19(24)17-4-3-5-18(14-17)27(25,26)22-12-10-20(11-13-22)16(2)23/h3-5,14-15H,6-13H2,1-2H3. The molecule has 0 atom stereocenters. The van der Waals surface area contributed by atoms with E-state index in [9.17, 15) is 18.0 Å². The van der Waals surface area contributed by atoms with E-state index in [1.54, 1.807) is 21.9 Å². The molecule has 2 heterocycles. The fourth-order valence-electron chi connectivity index (χ4n) is 3.58. The summed E-state index contributed by atoms with van der Waals surface area (Å²) in [5.41, 5.74) is 0.410. The molecular formula is C19H27N3O4S. The van der Waals surface area contributed by atoms with Crippen molar-refractivity contribution in [3.05, 3.63) is 29.8 Å². The maximum absolute atomic E-state index is 13.0. The van der Waals surface area contributed by atoms with Crippen molar-refractivity contribution in [2.75, 3.05) is 39.3 Å². The van der Waals surface area contributed by atoms with Crippen LogP contribution in [-0.2, 0) is 14.8 Å². The molecule has 1 aromatic rings. The van der Waals surface area contributed by atoms with E-state index >= 15 is 0 Å². The van der Waals surface area contributed by atoms with Crippen LogP contribution in [0.2, 0.25) is 0 Å². The lowest BCUT2D eigenvalue weighted by molar-refractivity contribution is -0.129. The molecule has 0 aliphatic carbocycles. The Labute approximate surface area is 161 Å². The van der Waals surface area contributed by atoms with E-state index in [0.717, 1.165) is 12.8 Å². The molecule has 27 heavy (non-hydrogen) atoms. The minimum Gasteiger partial charge on any atom is -0.340 e. The molecule has 2 amide bonds. The van der Waals surface area contributed by atoms with Crippen LogP contribution >= 0.6 is 0 Å². The van der Waals surface area contributed by atoms with Gasteiger partial charge in [-0.05, 0) is 37.0 Å². The van der Waals surface area contributed by atoms with Gasteiger partial charge in [0.15, 0.2) is 0 Å². The van der Waals surface area contributed by atoms with Crippen LogP contribution in [0.4, 0.5) is 0 Å². The first-order valence-electron chi connectivity index (χ1n) is 9.44. The van der Waals surface area contributed by atoms with Crippen molar-refractivity contribution in [1.82, 2.24) is 14.1 Å². The van der Waals surface area contributed by atoms with E-state index in [1.807, 2.05) is 0 Å². The summed E-state index contributed by atoms with van der Waals surface area (Å²) in [5.74, 6) is 0.463. The van der Waals surface area contributed by atoms with Gasteiger partial charge in [0, 0.05) is 51.8 Å². The Balaban J connectivity index is 1.74. The largest absolute Gasteiger partial charge is 0.340 e. The molecule has 0 N–H and O–H groups in total. The molecular weight excluding hydrogens is 366 g/mol. The lowest BCUT2D eigenvalue weighted by Gasteiger charge is -2.33. The van der Waals surface area contributed by atoms with E-state index in [-0.39, 0.29) is 29.8 Å². The molecule has 1 aromatic carbocycles. The van der Waals surface area contributed by atoms with E-state index in [2.05, 4.69) is 6.92 Å². The summed E-state index contributed by atoms with van der Waals surface area (Å²) in [7, 11) is -3.68. The third-order valence-corrected chi connectivity index (χ3v) is 7.37. The molecule has 2 aliphatic rings. The molecule has 3 rings (SSSR count). The number of amides is 2. The second-order valence-electron chi connectivity index (χ2n) is 7.41. The van der Waals surface area contributed by atoms with Gasteiger partial charge in [-0.15, -0.1) is 0 Å². The first-order valence-corrected chi connectivity index (χ1v) is 10.9. The molecule has 0 aromatic heterocycles. The van der Waals surface area contributed by atoms with Gasteiger partial charge in [-0.25, -0.2) is 8.42 Å². The molecule has 7 nitrogen and oxygen atoms in total. The van der Waals surface area contributed by atoms with Crippen LogP contribution in [0.5, 0.6) is 0 Å². The molecule has 0 bridgehead atoms.